The van der Waals surface area contributed by atoms with Gasteiger partial charge in [0, 0.05) is 19.0 Å². The van der Waals surface area contributed by atoms with Crippen molar-refractivity contribution in [2.45, 2.75) is 64.1 Å². The summed E-state index contributed by atoms with van der Waals surface area (Å²) in [4.78, 5) is 30.0. The van der Waals surface area contributed by atoms with Crippen molar-refractivity contribution in [2.24, 2.45) is 0 Å². The maximum absolute atomic E-state index is 14.5. The minimum Gasteiger partial charge on any atom is -0.494 e. The Kier molecular flexibility index (Phi) is 12.0. The van der Waals surface area contributed by atoms with Gasteiger partial charge in [0.2, 0.25) is 11.8 Å². The van der Waals surface area contributed by atoms with E-state index in [9.17, 15) is 18.0 Å². The summed E-state index contributed by atoms with van der Waals surface area (Å²) in [5, 5.41) is 3.06. The zero-order valence-corrected chi connectivity index (χ0v) is 27.7. The number of sulfonamides is 1. The second-order valence-electron chi connectivity index (χ2n) is 11.3. The van der Waals surface area contributed by atoms with E-state index in [2.05, 4.69) is 5.32 Å². The first-order chi connectivity index (χ1) is 22.1. The lowest BCUT2D eigenvalue weighted by molar-refractivity contribution is -0.140. The van der Waals surface area contributed by atoms with Crippen LogP contribution in [0, 0.1) is 6.92 Å². The van der Waals surface area contributed by atoms with Gasteiger partial charge >= 0.3 is 0 Å². The molecule has 0 bridgehead atoms. The minimum atomic E-state index is -4.19. The molecule has 0 unspecified atom stereocenters. The predicted octanol–water partition coefficient (Wildman–Crippen LogP) is 6.14. The van der Waals surface area contributed by atoms with Crippen LogP contribution < -0.4 is 14.4 Å². The Morgan fingerprint density at radius 3 is 2.07 bits per heavy atom. The zero-order valence-electron chi connectivity index (χ0n) is 26.9. The molecule has 2 atom stereocenters. The van der Waals surface area contributed by atoms with Crippen LogP contribution in [0.25, 0.3) is 0 Å². The zero-order chi connectivity index (χ0) is 33.1. The van der Waals surface area contributed by atoms with Crippen molar-refractivity contribution in [1.82, 2.24) is 10.2 Å². The molecular weight excluding hydrogens is 598 g/mol. The van der Waals surface area contributed by atoms with Gasteiger partial charge in [-0.25, -0.2) is 8.42 Å². The van der Waals surface area contributed by atoms with Gasteiger partial charge in [-0.3, -0.25) is 13.9 Å². The van der Waals surface area contributed by atoms with E-state index in [1.807, 2.05) is 82.3 Å². The molecule has 0 spiro atoms. The first-order valence-electron chi connectivity index (χ1n) is 15.6. The van der Waals surface area contributed by atoms with E-state index < -0.39 is 28.5 Å². The molecule has 9 heteroatoms. The first-order valence-corrected chi connectivity index (χ1v) is 17.1. The molecule has 0 fully saturated rings. The summed E-state index contributed by atoms with van der Waals surface area (Å²) in [7, 11) is -4.19. The molecule has 0 radical (unpaired) electrons. The lowest BCUT2D eigenvalue weighted by Crippen LogP contribution is -2.54. The number of rotatable bonds is 15. The van der Waals surface area contributed by atoms with Gasteiger partial charge < -0.3 is 15.0 Å². The van der Waals surface area contributed by atoms with Gasteiger partial charge in [-0.1, -0.05) is 85.3 Å². The third-order valence-electron chi connectivity index (χ3n) is 7.75. The quantitative estimate of drug-likeness (QED) is 0.168. The van der Waals surface area contributed by atoms with Crippen molar-refractivity contribution >= 4 is 27.5 Å². The maximum Gasteiger partial charge on any atom is 0.264 e. The molecule has 0 saturated carbocycles. The standard InChI is InChI=1S/C37H43N3O5S/c1-5-29(4)38-37(42)35(25-30-15-9-7-10-16-30)39(26-31-17-13-14-28(3)24-31)36(41)27-40(32-18-11-8-12-19-32)46(43,44)34-22-20-33(21-23-34)45-6-2/h7-24,29,35H,5-6,25-27H2,1-4H3,(H,38,42)/t29-,35+/m1/s1. The number of nitrogens with zero attached hydrogens (tertiary/aromatic N) is 2. The van der Waals surface area contributed by atoms with Crippen molar-refractivity contribution in [3.05, 3.63) is 126 Å². The summed E-state index contributed by atoms with van der Waals surface area (Å²) in [6.07, 6.45) is 0.982. The highest BCUT2D eigenvalue weighted by atomic mass is 32.2. The number of aryl methyl sites for hydroxylation is 1. The van der Waals surface area contributed by atoms with E-state index in [0.29, 0.717) is 18.0 Å². The molecule has 1 N–H and O–H groups in total. The monoisotopic (exact) mass is 641 g/mol. The average Bonchev–Trinajstić information content (AvgIpc) is 3.06. The van der Waals surface area contributed by atoms with Crippen molar-refractivity contribution < 1.29 is 22.7 Å². The van der Waals surface area contributed by atoms with Crippen LogP contribution in [0.5, 0.6) is 5.75 Å². The highest BCUT2D eigenvalue weighted by molar-refractivity contribution is 7.92. The van der Waals surface area contributed by atoms with Crippen LogP contribution >= 0.6 is 0 Å². The van der Waals surface area contributed by atoms with Crippen molar-refractivity contribution in [3.8, 4) is 5.75 Å². The fraction of sp³-hybridized carbons (Fsp3) is 0.297. The van der Waals surface area contributed by atoms with Crippen LogP contribution in [0.2, 0.25) is 0 Å². The molecule has 0 aliphatic heterocycles. The van der Waals surface area contributed by atoms with E-state index in [1.54, 1.807) is 42.5 Å². The lowest BCUT2D eigenvalue weighted by atomic mass is 10.0. The Morgan fingerprint density at radius 1 is 0.826 bits per heavy atom. The molecule has 4 rings (SSSR count). The minimum absolute atomic E-state index is 0.0215. The van der Waals surface area contributed by atoms with Crippen LogP contribution in [-0.2, 0) is 32.6 Å². The fourth-order valence-corrected chi connectivity index (χ4v) is 6.54. The van der Waals surface area contributed by atoms with E-state index in [-0.39, 0.29) is 29.8 Å². The van der Waals surface area contributed by atoms with Gasteiger partial charge in [0.15, 0.2) is 0 Å². The maximum atomic E-state index is 14.5. The number of hydrogen-bond acceptors (Lipinski definition) is 5. The van der Waals surface area contributed by atoms with E-state index in [1.165, 1.54) is 17.0 Å². The molecule has 242 valence electrons. The van der Waals surface area contributed by atoms with Gasteiger partial charge in [0.25, 0.3) is 10.0 Å². The van der Waals surface area contributed by atoms with Crippen molar-refractivity contribution in [1.29, 1.82) is 0 Å². The second kappa shape index (κ2) is 16.1. The molecular formula is C37H43N3O5S. The Bertz CT molecular complexity index is 1680. The van der Waals surface area contributed by atoms with E-state index in [0.717, 1.165) is 27.4 Å². The van der Waals surface area contributed by atoms with Gasteiger partial charge in [0.05, 0.1) is 17.2 Å². The number of nitrogens with one attached hydrogen (secondary N) is 1. The summed E-state index contributed by atoms with van der Waals surface area (Å²) in [6, 6.07) is 31.0. The van der Waals surface area contributed by atoms with Gasteiger partial charge in [-0.15, -0.1) is 0 Å². The number of ether oxygens (including phenoxy) is 1. The number of anilines is 1. The van der Waals surface area contributed by atoms with Gasteiger partial charge in [0.1, 0.15) is 18.3 Å². The normalized spacial score (nSPS) is 12.5. The molecule has 4 aromatic carbocycles. The summed E-state index contributed by atoms with van der Waals surface area (Å²) in [6.45, 7) is 7.78. The second-order valence-corrected chi connectivity index (χ2v) is 13.1. The Morgan fingerprint density at radius 2 is 1.46 bits per heavy atom. The topological polar surface area (TPSA) is 96.0 Å². The van der Waals surface area contributed by atoms with Crippen LogP contribution in [0.4, 0.5) is 5.69 Å². The van der Waals surface area contributed by atoms with Crippen molar-refractivity contribution in [3.63, 3.8) is 0 Å². The Hall–Kier alpha value is -4.63. The number of carbonyl (C=O) groups is 2. The number of para-hydroxylation sites is 1. The molecule has 0 aliphatic carbocycles. The van der Waals surface area contributed by atoms with Crippen LogP contribution in [0.1, 0.15) is 43.9 Å². The molecule has 0 saturated heterocycles. The van der Waals surface area contributed by atoms with Gasteiger partial charge in [-0.05, 0) is 74.7 Å². The number of carbonyl (C=O) groups excluding carboxylic acids is 2. The lowest BCUT2D eigenvalue weighted by Gasteiger charge is -2.34. The largest absolute Gasteiger partial charge is 0.494 e. The summed E-state index contributed by atoms with van der Waals surface area (Å²) >= 11 is 0. The summed E-state index contributed by atoms with van der Waals surface area (Å²) in [5.41, 5.74) is 3.07. The Labute approximate surface area is 273 Å². The Balaban J connectivity index is 1.78. The fourth-order valence-electron chi connectivity index (χ4n) is 5.13. The summed E-state index contributed by atoms with van der Waals surface area (Å²) < 4.78 is 35.0. The SMILES string of the molecule is CCOc1ccc(S(=O)(=O)N(CC(=O)N(Cc2cccc(C)c2)[C@@H](Cc2ccccc2)C(=O)N[C@H](C)CC)c2ccccc2)cc1. The number of amides is 2. The van der Waals surface area contributed by atoms with E-state index >= 15 is 0 Å². The van der Waals surface area contributed by atoms with Gasteiger partial charge in [-0.2, -0.15) is 0 Å². The third kappa shape index (κ3) is 8.97. The van der Waals surface area contributed by atoms with Crippen molar-refractivity contribution in [2.75, 3.05) is 17.5 Å². The molecule has 0 heterocycles. The molecule has 4 aromatic rings. The third-order valence-corrected chi connectivity index (χ3v) is 9.54. The predicted molar refractivity (Wildman–Crippen MR) is 182 cm³/mol. The molecule has 8 nitrogen and oxygen atoms in total. The smallest absolute Gasteiger partial charge is 0.264 e. The van der Waals surface area contributed by atoms with Crippen LogP contribution in [0.15, 0.2) is 114 Å². The van der Waals surface area contributed by atoms with Crippen LogP contribution in [-0.4, -0.2) is 50.4 Å². The highest BCUT2D eigenvalue weighted by Gasteiger charge is 2.35. The molecule has 0 aliphatic rings. The average molecular weight is 642 g/mol. The number of hydrogen-bond donors (Lipinski definition) is 1. The van der Waals surface area contributed by atoms with Crippen LogP contribution in [0.3, 0.4) is 0 Å². The molecule has 0 aromatic heterocycles. The summed E-state index contributed by atoms with van der Waals surface area (Å²) in [5.74, 6) is -0.246. The molecule has 46 heavy (non-hydrogen) atoms. The first kappa shape index (κ1) is 34.2. The molecule has 2 amide bonds. The number of benzene rings is 4. The highest BCUT2D eigenvalue weighted by Crippen LogP contribution is 2.26. The van der Waals surface area contributed by atoms with E-state index in [4.69, 9.17) is 4.74 Å².